The molecule has 0 saturated carbocycles. The van der Waals surface area contributed by atoms with Gasteiger partial charge >= 0.3 is 6.03 Å². The third-order valence-corrected chi connectivity index (χ3v) is 6.15. The third-order valence-electron chi connectivity index (χ3n) is 6.15. The predicted molar refractivity (Wildman–Crippen MR) is 117 cm³/mol. The van der Waals surface area contributed by atoms with Crippen LogP contribution in [-0.4, -0.2) is 48.0 Å². The molecule has 10 heteroatoms. The summed E-state index contributed by atoms with van der Waals surface area (Å²) in [5.74, 6) is -0.189. The van der Waals surface area contributed by atoms with Crippen LogP contribution in [0.4, 0.5) is 16.2 Å². The number of ether oxygens (including phenoxy) is 2. The molecule has 0 aliphatic carbocycles. The zero-order valence-corrected chi connectivity index (χ0v) is 18.1. The van der Waals surface area contributed by atoms with Gasteiger partial charge in [0, 0.05) is 12.5 Å². The van der Waals surface area contributed by atoms with Crippen molar-refractivity contribution in [3.8, 4) is 11.5 Å². The van der Waals surface area contributed by atoms with Gasteiger partial charge in [0.25, 0.3) is 5.91 Å². The smallest absolute Gasteiger partial charge is 0.325 e. The van der Waals surface area contributed by atoms with Crippen molar-refractivity contribution in [2.45, 2.75) is 31.8 Å². The number of benzene rings is 2. The Balaban J connectivity index is 1.41. The van der Waals surface area contributed by atoms with Gasteiger partial charge in [-0.2, -0.15) is 0 Å². The standard InChI is InChI=1S/C23H22N4O6/c1-13-9-19(28)24-15-5-3-4-6-16(15)27(13)20(29)11-26-21(30)23(2,25-22(26)31)14-7-8-17-18(10-14)33-12-32-17/h3-8,10,13H,9,11-12H2,1-2H3,(H,24,28)(H,25,31)/t13-,23-/m0/s1. The van der Waals surface area contributed by atoms with Crippen molar-refractivity contribution < 1.29 is 28.7 Å². The minimum absolute atomic E-state index is 0.0866. The molecule has 5 rings (SSSR count). The molecular weight excluding hydrogens is 428 g/mol. The average molecular weight is 450 g/mol. The van der Waals surface area contributed by atoms with Crippen LogP contribution in [0.25, 0.3) is 0 Å². The molecule has 0 bridgehead atoms. The highest BCUT2D eigenvalue weighted by molar-refractivity contribution is 6.12. The normalized spacial score (nSPS) is 23.7. The predicted octanol–water partition coefficient (Wildman–Crippen LogP) is 1.95. The average Bonchev–Trinajstić information content (AvgIpc) is 3.29. The largest absolute Gasteiger partial charge is 0.454 e. The van der Waals surface area contributed by atoms with E-state index in [-0.39, 0.29) is 19.1 Å². The molecule has 33 heavy (non-hydrogen) atoms. The van der Waals surface area contributed by atoms with Crippen molar-refractivity contribution in [1.29, 1.82) is 0 Å². The highest BCUT2D eigenvalue weighted by atomic mass is 16.7. The SMILES string of the molecule is C[C@H]1CC(=O)Nc2ccccc2N1C(=O)CN1C(=O)N[C@@](C)(c2ccc3c(c2)OCO3)C1=O. The molecule has 5 amide bonds. The number of imide groups is 1. The summed E-state index contributed by atoms with van der Waals surface area (Å²) in [5, 5.41) is 5.49. The van der Waals surface area contributed by atoms with Gasteiger partial charge in [0.05, 0.1) is 11.4 Å². The summed E-state index contributed by atoms with van der Waals surface area (Å²) in [6.45, 7) is 2.96. The van der Waals surface area contributed by atoms with E-state index in [1.165, 1.54) is 4.90 Å². The molecule has 1 saturated heterocycles. The Morgan fingerprint density at radius 1 is 1.12 bits per heavy atom. The lowest BCUT2D eigenvalue weighted by atomic mass is 9.91. The van der Waals surface area contributed by atoms with Crippen molar-refractivity contribution in [3.63, 3.8) is 0 Å². The first-order chi connectivity index (χ1) is 15.8. The first kappa shape index (κ1) is 20.8. The highest BCUT2D eigenvalue weighted by Gasteiger charge is 2.50. The van der Waals surface area contributed by atoms with Gasteiger partial charge in [-0.1, -0.05) is 18.2 Å². The number of carbonyl (C=O) groups excluding carboxylic acids is 4. The third kappa shape index (κ3) is 3.34. The summed E-state index contributed by atoms with van der Waals surface area (Å²) in [4.78, 5) is 54.0. The molecule has 0 unspecified atom stereocenters. The van der Waals surface area contributed by atoms with E-state index in [2.05, 4.69) is 10.6 Å². The maximum absolute atomic E-state index is 13.4. The summed E-state index contributed by atoms with van der Waals surface area (Å²) in [6, 6.07) is 10.8. The minimum atomic E-state index is -1.36. The summed E-state index contributed by atoms with van der Waals surface area (Å²) < 4.78 is 10.7. The van der Waals surface area contributed by atoms with Gasteiger partial charge in [0.15, 0.2) is 11.5 Å². The molecule has 2 N–H and O–H groups in total. The zero-order chi connectivity index (χ0) is 23.3. The van der Waals surface area contributed by atoms with Gasteiger partial charge in [-0.15, -0.1) is 0 Å². The van der Waals surface area contributed by atoms with Gasteiger partial charge in [0.2, 0.25) is 18.6 Å². The molecule has 2 atom stereocenters. The van der Waals surface area contributed by atoms with Crippen molar-refractivity contribution in [3.05, 3.63) is 48.0 Å². The van der Waals surface area contributed by atoms with E-state index in [4.69, 9.17) is 9.47 Å². The molecule has 2 aromatic rings. The number of anilines is 2. The molecule has 3 aliphatic rings. The second-order valence-corrected chi connectivity index (χ2v) is 8.40. The van der Waals surface area contributed by atoms with Crippen LogP contribution >= 0.6 is 0 Å². The number of rotatable bonds is 3. The fourth-order valence-electron chi connectivity index (χ4n) is 4.42. The van der Waals surface area contributed by atoms with E-state index in [1.807, 2.05) is 0 Å². The Morgan fingerprint density at radius 3 is 2.70 bits per heavy atom. The summed E-state index contributed by atoms with van der Waals surface area (Å²) >= 11 is 0. The lowest BCUT2D eigenvalue weighted by molar-refractivity contribution is -0.134. The number of para-hydroxylation sites is 2. The Bertz CT molecular complexity index is 1200. The molecule has 170 valence electrons. The first-order valence-electron chi connectivity index (χ1n) is 10.5. The van der Waals surface area contributed by atoms with E-state index >= 15 is 0 Å². The van der Waals surface area contributed by atoms with E-state index in [0.717, 1.165) is 4.90 Å². The van der Waals surface area contributed by atoms with Crippen LogP contribution in [-0.2, 0) is 19.9 Å². The van der Waals surface area contributed by atoms with Crippen LogP contribution in [0.2, 0.25) is 0 Å². The molecule has 1 fully saturated rings. The summed E-state index contributed by atoms with van der Waals surface area (Å²) in [6.07, 6.45) is 0.0927. The van der Waals surface area contributed by atoms with Crippen LogP contribution in [0.1, 0.15) is 25.8 Å². The molecular formula is C23H22N4O6. The molecule has 10 nitrogen and oxygen atoms in total. The van der Waals surface area contributed by atoms with Crippen LogP contribution in [0.15, 0.2) is 42.5 Å². The van der Waals surface area contributed by atoms with Crippen LogP contribution in [0.5, 0.6) is 11.5 Å². The monoisotopic (exact) mass is 450 g/mol. The van der Waals surface area contributed by atoms with Gasteiger partial charge in [-0.05, 0) is 43.7 Å². The molecule has 0 radical (unpaired) electrons. The van der Waals surface area contributed by atoms with E-state index < -0.39 is 36.0 Å². The van der Waals surface area contributed by atoms with Crippen LogP contribution in [0, 0.1) is 0 Å². The number of hydrogen-bond acceptors (Lipinski definition) is 6. The van der Waals surface area contributed by atoms with Gasteiger partial charge in [-0.25, -0.2) is 4.79 Å². The van der Waals surface area contributed by atoms with Crippen LogP contribution < -0.4 is 25.0 Å². The maximum atomic E-state index is 13.4. The van der Waals surface area contributed by atoms with E-state index in [0.29, 0.717) is 28.4 Å². The van der Waals surface area contributed by atoms with Crippen molar-refractivity contribution in [1.82, 2.24) is 10.2 Å². The Morgan fingerprint density at radius 2 is 1.88 bits per heavy atom. The number of nitrogens with zero attached hydrogens (tertiary/aromatic N) is 2. The number of fused-ring (bicyclic) bond motifs is 2. The first-order valence-corrected chi connectivity index (χ1v) is 10.5. The van der Waals surface area contributed by atoms with Crippen molar-refractivity contribution >= 4 is 35.1 Å². The lowest BCUT2D eigenvalue weighted by Gasteiger charge is -2.29. The molecule has 3 aliphatic heterocycles. The molecule has 2 aromatic carbocycles. The number of carbonyl (C=O) groups is 4. The van der Waals surface area contributed by atoms with Crippen molar-refractivity contribution in [2.75, 3.05) is 23.6 Å². The second-order valence-electron chi connectivity index (χ2n) is 8.40. The van der Waals surface area contributed by atoms with Crippen molar-refractivity contribution in [2.24, 2.45) is 0 Å². The Kier molecular flexibility index (Phi) is 4.73. The maximum Gasteiger partial charge on any atom is 0.325 e. The van der Waals surface area contributed by atoms with E-state index in [1.54, 1.807) is 56.3 Å². The van der Waals surface area contributed by atoms with Gasteiger partial charge < -0.3 is 25.0 Å². The summed E-state index contributed by atoms with van der Waals surface area (Å²) in [5.41, 5.74) is 0.176. The molecule has 0 aromatic heterocycles. The lowest BCUT2D eigenvalue weighted by Crippen LogP contribution is -2.47. The topological polar surface area (TPSA) is 117 Å². The Hall–Kier alpha value is -4.08. The quantitative estimate of drug-likeness (QED) is 0.691. The zero-order valence-electron chi connectivity index (χ0n) is 18.1. The number of amides is 5. The fourth-order valence-corrected chi connectivity index (χ4v) is 4.42. The van der Waals surface area contributed by atoms with Gasteiger partial charge in [0.1, 0.15) is 12.1 Å². The summed E-state index contributed by atoms with van der Waals surface area (Å²) in [7, 11) is 0. The minimum Gasteiger partial charge on any atom is -0.454 e. The number of nitrogens with one attached hydrogen (secondary N) is 2. The fraction of sp³-hybridized carbons (Fsp3) is 0.304. The molecule has 0 spiro atoms. The Labute approximate surface area is 189 Å². The number of hydrogen-bond donors (Lipinski definition) is 2. The second kappa shape index (κ2) is 7.51. The number of urea groups is 1. The van der Waals surface area contributed by atoms with Gasteiger partial charge in [-0.3, -0.25) is 19.3 Å². The highest BCUT2D eigenvalue weighted by Crippen LogP contribution is 2.38. The molecule has 3 heterocycles. The van der Waals surface area contributed by atoms with E-state index in [9.17, 15) is 19.2 Å². The van der Waals surface area contributed by atoms with Crippen LogP contribution in [0.3, 0.4) is 0 Å².